The van der Waals surface area contributed by atoms with Crippen molar-refractivity contribution in [2.45, 2.75) is 59.4 Å². The Bertz CT molecular complexity index is 1170. The summed E-state index contributed by atoms with van der Waals surface area (Å²) in [5.41, 5.74) is 2.16. The largest absolute Gasteiger partial charge is 0.497 e. The highest BCUT2D eigenvalue weighted by Crippen LogP contribution is 2.34. The number of hydrogen-bond acceptors (Lipinski definition) is 7. The number of halogens is 1. The zero-order chi connectivity index (χ0) is 25.0. The highest BCUT2D eigenvalue weighted by molar-refractivity contribution is 14.1. The van der Waals surface area contributed by atoms with Crippen LogP contribution >= 0.6 is 22.6 Å². The second-order valence-corrected chi connectivity index (χ2v) is 10.1. The van der Waals surface area contributed by atoms with Crippen molar-refractivity contribution >= 4 is 45.5 Å². The normalized spacial score (nSPS) is 11.6. The number of rotatable bonds is 8. The number of alkyl carbamates (subject to hydrolysis) is 1. The lowest BCUT2D eigenvalue weighted by Crippen LogP contribution is -2.32. The highest BCUT2D eigenvalue weighted by atomic mass is 127. The number of fused-ring (bicyclic) bond motifs is 1. The fraction of sp³-hybridized carbons (Fsp3) is 0.458. The van der Waals surface area contributed by atoms with Crippen LogP contribution in [0.1, 0.15) is 51.9 Å². The number of amides is 1. The maximum absolute atomic E-state index is 12.3. The molecular weight excluding hydrogens is 549 g/mol. The molecule has 0 unspecified atom stereocenters. The van der Waals surface area contributed by atoms with Gasteiger partial charge in [0.1, 0.15) is 34.9 Å². The van der Waals surface area contributed by atoms with Crippen LogP contribution in [0.3, 0.4) is 0 Å². The van der Waals surface area contributed by atoms with Crippen molar-refractivity contribution in [1.82, 2.24) is 19.9 Å². The van der Waals surface area contributed by atoms with Gasteiger partial charge in [0.2, 0.25) is 0 Å². The Morgan fingerprint density at radius 2 is 1.88 bits per heavy atom. The van der Waals surface area contributed by atoms with Gasteiger partial charge in [0.25, 0.3) is 0 Å². The van der Waals surface area contributed by atoms with Gasteiger partial charge >= 0.3 is 6.09 Å². The molecule has 0 radical (unpaired) electrons. The molecule has 0 atom stereocenters. The first-order chi connectivity index (χ1) is 16.1. The summed E-state index contributed by atoms with van der Waals surface area (Å²) in [6, 6.07) is 5.84. The molecule has 0 aliphatic heterocycles. The molecule has 9 nitrogen and oxygen atoms in total. The summed E-state index contributed by atoms with van der Waals surface area (Å²) in [4.78, 5) is 21.3. The Labute approximate surface area is 213 Å². The minimum Gasteiger partial charge on any atom is -0.497 e. The number of aromatic nitrogens is 3. The summed E-state index contributed by atoms with van der Waals surface area (Å²) in [6.07, 6.45) is 1.09. The molecule has 3 aromatic rings. The Morgan fingerprint density at radius 3 is 2.50 bits per heavy atom. The lowest BCUT2D eigenvalue weighted by molar-refractivity contribution is 0.0522. The van der Waals surface area contributed by atoms with Crippen LogP contribution in [0.25, 0.3) is 11.0 Å². The minimum absolute atomic E-state index is 0.130. The third kappa shape index (κ3) is 5.83. The van der Waals surface area contributed by atoms with E-state index < -0.39 is 11.7 Å². The zero-order valence-corrected chi connectivity index (χ0v) is 22.8. The van der Waals surface area contributed by atoms with Gasteiger partial charge in [-0.05, 0) is 69.3 Å². The molecule has 0 saturated carbocycles. The third-order valence-corrected chi connectivity index (χ3v) is 6.24. The van der Waals surface area contributed by atoms with Gasteiger partial charge in [0.05, 0.1) is 31.8 Å². The highest BCUT2D eigenvalue weighted by Gasteiger charge is 2.23. The second-order valence-electron chi connectivity index (χ2n) is 9.03. The first-order valence-electron chi connectivity index (χ1n) is 11.0. The summed E-state index contributed by atoms with van der Waals surface area (Å²) in [7, 11) is 3.26. The van der Waals surface area contributed by atoms with Crippen LogP contribution in [0.15, 0.2) is 24.5 Å². The molecule has 34 heavy (non-hydrogen) atoms. The summed E-state index contributed by atoms with van der Waals surface area (Å²) < 4.78 is 19.3. The standard InChI is InChI=1S/C24H32IN5O4/c1-14(2)30-17(12-27-23(31)34-24(3,4)5)20(25)19-21(28-13-29-22(19)30)26-11-15-8-9-16(32-6)10-18(15)33-7/h8-10,13-14H,11-12H2,1-7H3,(H,27,31)(H,26,28,29). The molecule has 0 bridgehead atoms. The van der Waals surface area contributed by atoms with Crippen molar-refractivity contribution in [2.24, 2.45) is 0 Å². The summed E-state index contributed by atoms with van der Waals surface area (Å²) >= 11 is 2.30. The first kappa shape index (κ1) is 25.9. The van der Waals surface area contributed by atoms with E-state index in [1.54, 1.807) is 20.5 Å². The average Bonchev–Trinajstić information content (AvgIpc) is 3.07. The molecule has 0 fully saturated rings. The van der Waals surface area contributed by atoms with Crippen LogP contribution in [-0.4, -0.2) is 40.4 Å². The predicted molar refractivity (Wildman–Crippen MR) is 141 cm³/mol. The fourth-order valence-corrected chi connectivity index (χ4v) is 4.59. The molecule has 184 valence electrons. The van der Waals surface area contributed by atoms with Gasteiger partial charge in [0, 0.05) is 27.8 Å². The summed E-state index contributed by atoms with van der Waals surface area (Å²) in [5, 5.41) is 7.21. The fourth-order valence-electron chi connectivity index (χ4n) is 3.64. The lowest BCUT2D eigenvalue weighted by atomic mass is 10.2. The Kier molecular flexibility index (Phi) is 8.11. The van der Waals surface area contributed by atoms with E-state index in [2.05, 4.69) is 61.6 Å². The van der Waals surface area contributed by atoms with Crippen LogP contribution < -0.4 is 20.1 Å². The number of anilines is 1. The molecular formula is C24H32IN5O4. The van der Waals surface area contributed by atoms with Crippen LogP contribution in [0, 0.1) is 3.57 Å². The van der Waals surface area contributed by atoms with Crippen molar-refractivity contribution in [2.75, 3.05) is 19.5 Å². The van der Waals surface area contributed by atoms with Crippen molar-refractivity contribution in [3.63, 3.8) is 0 Å². The number of nitrogens with zero attached hydrogens (tertiary/aromatic N) is 3. The number of benzene rings is 1. The molecule has 2 aromatic heterocycles. The average molecular weight is 581 g/mol. The predicted octanol–water partition coefficient (Wildman–Crippen LogP) is 5.27. The van der Waals surface area contributed by atoms with E-state index in [-0.39, 0.29) is 6.04 Å². The Morgan fingerprint density at radius 1 is 1.15 bits per heavy atom. The van der Waals surface area contributed by atoms with Gasteiger partial charge in [0.15, 0.2) is 0 Å². The van der Waals surface area contributed by atoms with E-state index in [1.807, 2.05) is 39.0 Å². The van der Waals surface area contributed by atoms with E-state index in [0.717, 1.165) is 37.4 Å². The van der Waals surface area contributed by atoms with Gasteiger partial charge in [-0.1, -0.05) is 0 Å². The first-order valence-corrected chi connectivity index (χ1v) is 12.1. The summed E-state index contributed by atoms with van der Waals surface area (Å²) in [6.45, 7) is 10.5. The Balaban J connectivity index is 1.93. The monoisotopic (exact) mass is 581 g/mol. The topological polar surface area (TPSA) is 99.5 Å². The third-order valence-electron chi connectivity index (χ3n) is 5.08. The smallest absolute Gasteiger partial charge is 0.407 e. The van der Waals surface area contributed by atoms with Crippen LogP contribution in [0.5, 0.6) is 11.5 Å². The SMILES string of the molecule is COc1ccc(CNc2ncnc3c2c(I)c(CNC(=O)OC(C)(C)C)n3C(C)C)c(OC)c1. The van der Waals surface area contributed by atoms with Crippen molar-refractivity contribution in [3.05, 3.63) is 39.4 Å². The van der Waals surface area contributed by atoms with Crippen molar-refractivity contribution in [3.8, 4) is 11.5 Å². The Hall–Kier alpha value is -2.76. The molecule has 2 heterocycles. The molecule has 0 spiro atoms. The maximum Gasteiger partial charge on any atom is 0.407 e. The molecule has 1 aromatic carbocycles. The number of ether oxygens (including phenoxy) is 3. The van der Waals surface area contributed by atoms with E-state index in [9.17, 15) is 4.79 Å². The minimum atomic E-state index is -0.562. The van der Waals surface area contributed by atoms with Crippen LogP contribution in [0.2, 0.25) is 0 Å². The van der Waals surface area contributed by atoms with Gasteiger partial charge in [-0.25, -0.2) is 14.8 Å². The molecule has 0 aliphatic rings. The number of nitrogens with one attached hydrogen (secondary N) is 2. The quantitative estimate of drug-likeness (QED) is 0.350. The van der Waals surface area contributed by atoms with E-state index >= 15 is 0 Å². The van der Waals surface area contributed by atoms with Crippen molar-refractivity contribution in [1.29, 1.82) is 0 Å². The second kappa shape index (κ2) is 10.7. The molecule has 1 amide bonds. The van der Waals surface area contributed by atoms with Gasteiger partial charge in [-0.2, -0.15) is 0 Å². The van der Waals surface area contributed by atoms with Crippen molar-refractivity contribution < 1.29 is 19.0 Å². The molecule has 0 aliphatic carbocycles. The zero-order valence-electron chi connectivity index (χ0n) is 20.7. The van der Waals surface area contributed by atoms with Gasteiger partial charge < -0.3 is 29.4 Å². The van der Waals surface area contributed by atoms with Crippen LogP contribution in [0.4, 0.5) is 10.6 Å². The van der Waals surface area contributed by atoms with E-state index in [1.165, 1.54) is 0 Å². The molecule has 10 heteroatoms. The number of carbonyl (C=O) groups excluding carboxylic acids is 1. The summed E-state index contributed by atoms with van der Waals surface area (Å²) in [5.74, 6) is 2.18. The van der Waals surface area contributed by atoms with Gasteiger partial charge in [-0.3, -0.25) is 0 Å². The maximum atomic E-state index is 12.3. The van der Waals surface area contributed by atoms with Crippen LogP contribution in [-0.2, 0) is 17.8 Å². The molecule has 0 saturated heterocycles. The molecule has 2 N–H and O–H groups in total. The lowest BCUT2D eigenvalue weighted by Gasteiger charge is -2.20. The molecule has 3 rings (SSSR count). The van der Waals surface area contributed by atoms with E-state index in [0.29, 0.717) is 18.9 Å². The van der Waals surface area contributed by atoms with Gasteiger partial charge in [-0.15, -0.1) is 0 Å². The number of carbonyl (C=O) groups is 1. The van der Waals surface area contributed by atoms with E-state index in [4.69, 9.17) is 14.2 Å². The number of methoxy groups -OCH3 is 2. The number of hydrogen-bond donors (Lipinski definition) is 2.